The monoisotopic (exact) mass is 697 g/mol. The zero-order chi connectivity index (χ0) is 36.0. The number of fused-ring (bicyclic) bond motifs is 5. The van der Waals surface area contributed by atoms with Crippen LogP contribution in [0.25, 0.3) is 33.0 Å². The summed E-state index contributed by atoms with van der Waals surface area (Å²) in [6.45, 7) is 0. The number of hydrogen-bond acceptors (Lipinski definition) is 3. The Morgan fingerprint density at radius 2 is 1.12 bits per heavy atom. The second-order valence-electron chi connectivity index (χ2n) is 12.8. The number of phenols is 1. The number of anilines is 3. The van der Waals surface area contributed by atoms with Crippen LogP contribution in [0.5, 0.6) is 11.5 Å². The van der Waals surface area contributed by atoms with Gasteiger partial charge >= 0.3 is 12.4 Å². The van der Waals surface area contributed by atoms with Crippen LogP contribution < -0.4 is 9.64 Å². The number of methoxy groups -OCH3 is 1. The number of phenolic OH excluding ortho intramolecular Hbond substituents is 1. The lowest BCUT2D eigenvalue weighted by Crippen LogP contribution is -2.29. The molecule has 6 aromatic rings. The van der Waals surface area contributed by atoms with Gasteiger partial charge in [-0.1, -0.05) is 72.8 Å². The van der Waals surface area contributed by atoms with E-state index in [0.717, 1.165) is 22.6 Å². The second kappa shape index (κ2) is 13.0. The molecule has 260 valence electrons. The van der Waals surface area contributed by atoms with Gasteiger partial charge in [0.25, 0.3) is 0 Å². The molecule has 7 rings (SSSR count). The first-order valence-corrected chi connectivity index (χ1v) is 16.5. The Morgan fingerprint density at radius 3 is 1.67 bits per heavy atom. The van der Waals surface area contributed by atoms with Gasteiger partial charge in [-0.25, -0.2) is 0 Å². The van der Waals surface area contributed by atoms with Gasteiger partial charge in [0.05, 0.1) is 7.11 Å². The van der Waals surface area contributed by atoms with Crippen LogP contribution in [0.15, 0.2) is 127 Å². The number of para-hydroxylation sites is 2. The van der Waals surface area contributed by atoms with Crippen molar-refractivity contribution in [2.24, 2.45) is 0 Å². The van der Waals surface area contributed by atoms with Gasteiger partial charge in [-0.2, -0.15) is 26.3 Å². The van der Waals surface area contributed by atoms with E-state index in [4.69, 9.17) is 4.74 Å². The van der Waals surface area contributed by atoms with Crippen LogP contribution >= 0.6 is 0 Å². The molecule has 0 amide bonds. The van der Waals surface area contributed by atoms with E-state index in [1.165, 1.54) is 13.2 Å². The average molecular weight is 698 g/mol. The van der Waals surface area contributed by atoms with Gasteiger partial charge in [0, 0.05) is 46.3 Å². The summed E-state index contributed by atoms with van der Waals surface area (Å²) in [5.41, 5.74) is 4.33. The van der Waals surface area contributed by atoms with Crippen molar-refractivity contribution >= 4 is 27.8 Å². The zero-order valence-electron chi connectivity index (χ0n) is 27.5. The van der Waals surface area contributed by atoms with Crippen molar-refractivity contribution in [3.05, 3.63) is 139 Å². The molecular formula is C42H33F6NO2. The molecule has 0 spiro atoms. The Hall–Kier alpha value is -5.44. The Morgan fingerprint density at radius 1 is 0.588 bits per heavy atom. The molecule has 0 fully saturated rings. The Labute approximate surface area is 291 Å². The molecular weight excluding hydrogens is 664 g/mol. The van der Waals surface area contributed by atoms with Gasteiger partial charge in [-0.3, -0.25) is 0 Å². The number of hydrogen-bond donors (Lipinski definition) is 1. The fourth-order valence-electron chi connectivity index (χ4n) is 7.52. The second-order valence-corrected chi connectivity index (χ2v) is 12.8. The van der Waals surface area contributed by atoms with E-state index < -0.39 is 43.5 Å². The van der Waals surface area contributed by atoms with Gasteiger partial charge < -0.3 is 14.7 Å². The van der Waals surface area contributed by atoms with Crippen molar-refractivity contribution in [2.75, 3.05) is 12.0 Å². The van der Waals surface area contributed by atoms with Crippen molar-refractivity contribution in [3.8, 4) is 33.8 Å². The molecule has 0 aliphatic heterocycles. The number of benzene rings is 6. The lowest BCUT2D eigenvalue weighted by molar-refractivity contribution is -0.143. The average Bonchev–Trinajstić information content (AvgIpc) is 3.39. The van der Waals surface area contributed by atoms with Crippen LogP contribution in [-0.4, -0.2) is 24.6 Å². The number of rotatable bonds is 9. The summed E-state index contributed by atoms with van der Waals surface area (Å²) < 4.78 is 88.3. The molecule has 51 heavy (non-hydrogen) atoms. The lowest BCUT2D eigenvalue weighted by atomic mass is 9.71. The van der Waals surface area contributed by atoms with Crippen LogP contribution in [0.4, 0.5) is 43.4 Å². The molecule has 3 nitrogen and oxygen atoms in total. The van der Waals surface area contributed by atoms with E-state index in [-0.39, 0.29) is 11.3 Å². The molecule has 0 saturated carbocycles. The van der Waals surface area contributed by atoms with Gasteiger partial charge in [-0.15, -0.1) is 0 Å². The first kappa shape index (κ1) is 34.0. The number of aromatic hydroxyl groups is 1. The molecule has 0 atom stereocenters. The van der Waals surface area contributed by atoms with E-state index in [2.05, 4.69) is 4.90 Å². The van der Waals surface area contributed by atoms with Crippen molar-refractivity contribution in [1.29, 1.82) is 0 Å². The van der Waals surface area contributed by atoms with Gasteiger partial charge in [0.2, 0.25) is 0 Å². The fourth-order valence-corrected chi connectivity index (χ4v) is 7.52. The van der Waals surface area contributed by atoms with Crippen LogP contribution in [0.1, 0.15) is 36.8 Å². The molecule has 1 aliphatic rings. The van der Waals surface area contributed by atoms with E-state index in [9.17, 15) is 31.4 Å². The van der Waals surface area contributed by atoms with Crippen molar-refractivity contribution in [1.82, 2.24) is 0 Å². The maximum absolute atomic E-state index is 13.7. The third kappa shape index (κ3) is 6.49. The molecule has 0 aromatic heterocycles. The number of alkyl halides is 6. The smallest absolute Gasteiger partial charge is 0.389 e. The third-order valence-corrected chi connectivity index (χ3v) is 9.80. The molecule has 0 bridgehead atoms. The first-order chi connectivity index (χ1) is 24.4. The van der Waals surface area contributed by atoms with E-state index in [1.807, 2.05) is 91.0 Å². The summed E-state index contributed by atoms with van der Waals surface area (Å²) in [7, 11) is 1.50. The zero-order valence-corrected chi connectivity index (χ0v) is 27.5. The molecule has 1 aliphatic carbocycles. The van der Waals surface area contributed by atoms with E-state index >= 15 is 0 Å². The number of ether oxygens (including phenoxy) is 1. The highest BCUT2D eigenvalue weighted by Crippen LogP contribution is 2.59. The molecule has 0 radical (unpaired) electrons. The highest BCUT2D eigenvalue weighted by molar-refractivity contribution is 6.07. The van der Waals surface area contributed by atoms with Gasteiger partial charge in [-0.05, 0) is 101 Å². The van der Waals surface area contributed by atoms with Gasteiger partial charge in [0.1, 0.15) is 11.5 Å². The maximum atomic E-state index is 13.7. The van der Waals surface area contributed by atoms with E-state index in [0.29, 0.717) is 38.8 Å². The molecule has 1 N–H and O–H groups in total. The standard InChI is InChI=1S/C42H33F6NO2/c1-51-38-25-33-34(24-32(38)27-16-18-30(19-17-27)49(28-10-4-2-5-11-28)29-12-6-3-7-13-29)39-31-14-8-9-15-35(31)40(20-22-41(43,44)45,21-23-42(46,47)48)36(39)26-37(33)50/h2-19,24-26,50H,20-23H2,1H3. The largest absolute Gasteiger partial charge is 0.507 e. The summed E-state index contributed by atoms with van der Waals surface area (Å²) in [5, 5.41) is 12.3. The van der Waals surface area contributed by atoms with E-state index in [1.54, 1.807) is 30.3 Å². The van der Waals surface area contributed by atoms with Crippen LogP contribution in [0, 0.1) is 0 Å². The summed E-state index contributed by atoms with van der Waals surface area (Å²) in [5.74, 6) is 0.196. The SMILES string of the molecule is COc1cc2c(O)cc3c(c2cc1-c1ccc(N(c2ccccc2)c2ccccc2)cc1)-c1ccccc1C3(CCC(F)(F)F)CCC(F)(F)F. The van der Waals surface area contributed by atoms with Crippen molar-refractivity contribution in [2.45, 2.75) is 43.5 Å². The minimum Gasteiger partial charge on any atom is -0.507 e. The fraction of sp³-hybridized carbons (Fsp3) is 0.190. The summed E-state index contributed by atoms with van der Waals surface area (Å²) in [6, 6.07) is 39.2. The molecule has 0 saturated heterocycles. The van der Waals surface area contributed by atoms with Crippen LogP contribution in [-0.2, 0) is 5.41 Å². The summed E-state index contributed by atoms with van der Waals surface area (Å²) >= 11 is 0. The molecule has 0 unspecified atom stereocenters. The number of nitrogens with zero attached hydrogens (tertiary/aromatic N) is 1. The molecule has 6 aromatic carbocycles. The summed E-state index contributed by atoms with van der Waals surface area (Å²) in [6.07, 6.45) is -12.9. The normalized spacial score (nSPS) is 13.5. The number of halogens is 6. The lowest BCUT2D eigenvalue weighted by Gasteiger charge is -2.33. The third-order valence-electron chi connectivity index (χ3n) is 9.80. The predicted molar refractivity (Wildman–Crippen MR) is 189 cm³/mol. The quantitative estimate of drug-likeness (QED) is 0.153. The predicted octanol–water partition coefficient (Wildman–Crippen LogP) is 12.6. The maximum Gasteiger partial charge on any atom is 0.389 e. The summed E-state index contributed by atoms with van der Waals surface area (Å²) in [4.78, 5) is 2.12. The first-order valence-electron chi connectivity index (χ1n) is 16.5. The van der Waals surface area contributed by atoms with Crippen molar-refractivity contribution < 1.29 is 36.2 Å². The highest BCUT2D eigenvalue weighted by atomic mass is 19.4. The van der Waals surface area contributed by atoms with Crippen LogP contribution in [0.2, 0.25) is 0 Å². The Kier molecular flexibility index (Phi) is 8.69. The molecule has 0 heterocycles. The minimum absolute atomic E-state index is 0.249. The topological polar surface area (TPSA) is 32.7 Å². The molecule has 9 heteroatoms. The van der Waals surface area contributed by atoms with Crippen molar-refractivity contribution in [3.63, 3.8) is 0 Å². The Balaban J connectivity index is 1.40. The van der Waals surface area contributed by atoms with Crippen LogP contribution in [0.3, 0.4) is 0 Å². The minimum atomic E-state index is -4.59. The van der Waals surface area contributed by atoms with Gasteiger partial charge in [0.15, 0.2) is 0 Å². The Bertz CT molecular complexity index is 2120. The highest BCUT2D eigenvalue weighted by Gasteiger charge is 2.48.